The molecule has 7 heteroatoms. The number of carboxylic acid groups (broad SMARTS) is 1. The number of hydrogen-bond donors (Lipinski definition) is 2. The molecule has 1 unspecified atom stereocenters. The zero-order valence-corrected chi connectivity index (χ0v) is 12.7. The lowest BCUT2D eigenvalue weighted by molar-refractivity contribution is -0.146. The number of benzene rings is 2. The lowest BCUT2D eigenvalue weighted by Gasteiger charge is -2.11. The first kappa shape index (κ1) is 16.5. The molecule has 2 N–H and O–H groups in total. The Morgan fingerprint density at radius 1 is 1.17 bits per heavy atom. The highest BCUT2D eigenvalue weighted by Crippen LogP contribution is 2.19. The Balaban J connectivity index is 2.31. The number of aliphatic carboxylic acids is 1. The molecule has 6 nitrogen and oxygen atoms in total. The summed E-state index contributed by atoms with van der Waals surface area (Å²) in [5, 5.41) is 10.5. The number of hydrogen-bond acceptors (Lipinski definition) is 4. The summed E-state index contributed by atoms with van der Waals surface area (Å²) in [6.07, 6.45) is 4.60. The topological polar surface area (TPSA) is 101 Å². The number of rotatable bonds is 5. The van der Waals surface area contributed by atoms with Gasteiger partial charge in [0.25, 0.3) is 10.0 Å². The van der Waals surface area contributed by atoms with Crippen molar-refractivity contribution in [1.82, 2.24) is 4.72 Å². The van der Waals surface area contributed by atoms with E-state index in [1.807, 2.05) is 18.1 Å². The molecule has 0 aliphatic heterocycles. The third kappa shape index (κ3) is 3.67. The first-order chi connectivity index (χ1) is 10.8. The quantitative estimate of drug-likeness (QED) is 0.636. The molecule has 0 spiro atoms. The molecule has 2 rings (SSSR count). The maximum atomic E-state index is 12.2. The number of amides is 1. The molecule has 1 atom stereocenters. The molecular weight excluding hydrogens is 318 g/mol. The second-order valence-corrected chi connectivity index (χ2v) is 6.46. The third-order valence-corrected chi connectivity index (χ3v) is 4.55. The highest BCUT2D eigenvalue weighted by atomic mass is 32.2. The van der Waals surface area contributed by atoms with Crippen LogP contribution in [0.5, 0.6) is 0 Å². The minimum absolute atomic E-state index is 0.130. The minimum atomic E-state index is -4.18. The lowest BCUT2D eigenvalue weighted by Crippen LogP contribution is -2.38. The second-order valence-electron chi connectivity index (χ2n) is 4.78. The fourth-order valence-electron chi connectivity index (χ4n) is 2.01. The summed E-state index contributed by atoms with van der Waals surface area (Å²) in [6, 6.07) is 11.5. The lowest BCUT2D eigenvalue weighted by atomic mass is 10.1. The van der Waals surface area contributed by atoms with Crippen LogP contribution in [0.25, 0.3) is 10.8 Å². The van der Waals surface area contributed by atoms with Gasteiger partial charge in [-0.3, -0.25) is 9.59 Å². The van der Waals surface area contributed by atoms with Crippen molar-refractivity contribution >= 4 is 32.7 Å². The molecule has 0 fully saturated rings. The third-order valence-electron chi connectivity index (χ3n) is 3.20. The van der Waals surface area contributed by atoms with Crippen LogP contribution in [-0.2, 0) is 19.6 Å². The van der Waals surface area contributed by atoms with Gasteiger partial charge in [-0.25, -0.2) is 13.1 Å². The number of carboxylic acids is 1. The van der Waals surface area contributed by atoms with E-state index < -0.39 is 34.2 Å². The smallest absolute Gasteiger partial charge is 0.317 e. The van der Waals surface area contributed by atoms with Crippen LogP contribution in [0.4, 0.5) is 0 Å². The van der Waals surface area contributed by atoms with Gasteiger partial charge in [-0.15, -0.1) is 12.3 Å². The van der Waals surface area contributed by atoms with Crippen LogP contribution in [0.1, 0.15) is 6.42 Å². The summed E-state index contributed by atoms with van der Waals surface area (Å²) in [4.78, 5) is 22.7. The van der Waals surface area contributed by atoms with Crippen LogP contribution in [0.3, 0.4) is 0 Å². The van der Waals surface area contributed by atoms with Crippen LogP contribution < -0.4 is 4.72 Å². The number of carbonyl (C=O) groups is 2. The van der Waals surface area contributed by atoms with E-state index in [2.05, 4.69) is 0 Å². The fraction of sp³-hybridized carbons (Fsp3) is 0.125. The van der Waals surface area contributed by atoms with Gasteiger partial charge in [0.05, 0.1) is 4.90 Å². The Morgan fingerprint density at radius 3 is 2.43 bits per heavy atom. The Bertz CT molecular complexity index is 911. The molecule has 0 saturated heterocycles. The minimum Gasteiger partial charge on any atom is -0.481 e. The van der Waals surface area contributed by atoms with E-state index in [9.17, 15) is 18.0 Å². The zero-order chi connectivity index (χ0) is 17.0. The number of carbonyl (C=O) groups excluding carboxylic acids is 1. The average molecular weight is 331 g/mol. The van der Waals surface area contributed by atoms with Crippen LogP contribution in [0, 0.1) is 18.3 Å². The van der Waals surface area contributed by atoms with Gasteiger partial charge in [0.15, 0.2) is 0 Å². The zero-order valence-electron chi connectivity index (χ0n) is 11.9. The molecule has 0 radical (unpaired) electrons. The van der Waals surface area contributed by atoms with Crippen LogP contribution in [-0.4, -0.2) is 25.4 Å². The normalized spacial score (nSPS) is 12.3. The van der Waals surface area contributed by atoms with E-state index in [1.165, 1.54) is 12.1 Å². The second kappa shape index (κ2) is 6.50. The summed E-state index contributed by atoms with van der Waals surface area (Å²) in [5.74, 6) is -2.21. The van der Waals surface area contributed by atoms with Crippen molar-refractivity contribution < 1.29 is 23.1 Å². The van der Waals surface area contributed by atoms with Gasteiger partial charge >= 0.3 is 5.97 Å². The highest BCUT2D eigenvalue weighted by Gasteiger charge is 2.29. The molecule has 2 aromatic carbocycles. The van der Waals surface area contributed by atoms with E-state index >= 15 is 0 Å². The summed E-state index contributed by atoms with van der Waals surface area (Å²) >= 11 is 0. The number of sulfonamides is 1. The standard InChI is InChI=1S/C16H13NO5S/c1-2-5-14(16(19)20)15(18)17-23(21,22)13-9-8-11-6-3-4-7-12(11)10-13/h1,3-4,6-10,14H,5H2,(H,17,18)(H,19,20). The molecule has 118 valence electrons. The maximum absolute atomic E-state index is 12.2. The predicted molar refractivity (Wildman–Crippen MR) is 83.9 cm³/mol. The van der Waals surface area contributed by atoms with Crippen LogP contribution >= 0.6 is 0 Å². The summed E-state index contributed by atoms with van der Waals surface area (Å²) in [6.45, 7) is 0. The first-order valence-electron chi connectivity index (χ1n) is 6.57. The molecule has 0 heterocycles. The molecular formula is C16H13NO5S. The Labute approximate surface area is 133 Å². The highest BCUT2D eigenvalue weighted by molar-refractivity contribution is 7.90. The summed E-state index contributed by atoms with van der Waals surface area (Å²) in [5.41, 5.74) is 0. The molecule has 0 saturated carbocycles. The largest absolute Gasteiger partial charge is 0.481 e. The van der Waals surface area contributed by atoms with E-state index in [0.29, 0.717) is 5.39 Å². The molecule has 2 aromatic rings. The molecule has 0 aliphatic carbocycles. The van der Waals surface area contributed by atoms with Gasteiger partial charge in [-0.05, 0) is 22.9 Å². The van der Waals surface area contributed by atoms with Gasteiger partial charge in [-0.1, -0.05) is 30.3 Å². The van der Waals surface area contributed by atoms with Crippen LogP contribution in [0.2, 0.25) is 0 Å². The van der Waals surface area contributed by atoms with Crippen molar-refractivity contribution in [3.63, 3.8) is 0 Å². The summed E-state index contributed by atoms with van der Waals surface area (Å²) in [7, 11) is -4.18. The molecule has 0 aromatic heterocycles. The number of terminal acetylenes is 1. The van der Waals surface area contributed by atoms with Crippen molar-refractivity contribution in [2.24, 2.45) is 5.92 Å². The molecule has 23 heavy (non-hydrogen) atoms. The van der Waals surface area contributed by atoms with Crippen LogP contribution in [0.15, 0.2) is 47.4 Å². The van der Waals surface area contributed by atoms with Crippen molar-refractivity contribution in [1.29, 1.82) is 0 Å². The number of fused-ring (bicyclic) bond motifs is 1. The van der Waals surface area contributed by atoms with E-state index in [0.717, 1.165) is 5.39 Å². The summed E-state index contributed by atoms with van der Waals surface area (Å²) < 4.78 is 26.2. The van der Waals surface area contributed by atoms with E-state index in [1.54, 1.807) is 22.9 Å². The van der Waals surface area contributed by atoms with Gasteiger partial charge in [-0.2, -0.15) is 0 Å². The Morgan fingerprint density at radius 2 is 1.83 bits per heavy atom. The monoisotopic (exact) mass is 331 g/mol. The SMILES string of the molecule is C#CCC(C(=O)O)C(=O)NS(=O)(=O)c1ccc2ccccc2c1. The fourth-order valence-corrected chi connectivity index (χ4v) is 3.06. The Kier molecular flexibility index (Phi) is 4.67. The van der Waals surface area contributed by atoms with Crippen molar-refractivity contribution in [3.8, 4) is 12.3 Å². The Hall–Kier alpha value is -2.85. The van der Waals surface area contributed by atoms with Crippen molar-refractivity contribution in [2.75, 3.05) is 0 Å². The first-order valence-corrected chi connectivity index (χ1v) is 8.05. The van der Waals surface area contributed by atoms with E-state index in [4.69, 9.17) is 11.5 Å². The number of nitrogens with one attached hydrogen (secondary N) is 1. The predicted octanol–water partition coefficient (Wildman–Crippen LogP) is 1.37. The van der Waals surface area contributed by atoms with Gasteiger partial charge in [0.1, 0.15) is 5.92 Å². The van der Waals surface area contributed by atoms with Gasteiger partial charge in [0, 0.05) is 6.42 Å². The molecule has 1 amide bonds. The van der Waals surface area contributed by atoms with Crippen molar-refractivity contribution in [2.45, 2.75) is 11.3 Å². The maximum Gasteiger partial charge on any atom is 0.317 e. The van der Waals surface area contributed by atoms with Gasteiger partial charge < -0.3 is 5.11 Å². The van der Waals surface area contributed by atoms with E-state index in [-0.39, 0.29) is 4.90 Å². The molecule has 0 aliphatic rings. The average Bonchev–Trinajstić information content (AvgIpc) is 2.51. The van der Waals surface area contributed by atoms with Crippen molar-refractivity contribution in [3.05, 3.63) is 42.5 Å². The molecule has 0 bridgehead atoms. The van der Waals surface area contributed by atoms with Gasteiger partial charge in [0.2, 0.25) is 5.91 Å².